The molecule has 112 valence electrons. The highest BCUT2D eigenvalue weighted by Gasteiger charge is 2.17. The van der Waals surface area contributed by atoms with Gasteiger partial charge in [-0.25, -0.2) is 0 Å². The molecule has 0 aromatic carbocycles. The number of hydrogen-bond donors (Lipinski definition) is 0. The molecule has 0 saturated heterocycles. The number of ether oxygens (including phenoxy) is 1. The van der Waals surface area contributed by atoms with Crippen molar-refractivity contribution in [2.75, 3.05) is 20.7 Å². The molecule has 0 atom stereocenters. The van der Waals surface area contributed by atoms with Crippen LogP contribution >= 0.6 is 0 Å². The van der Waals surface area contributed by atoms with Gasteiger partial charge in [0.1, 0.15) is 5.76 Å². The van der Waals surface area contributed by atoms with Gasteiger partial charge in [-0.2, -0.15) is 5.10 Å². The Morgan fingerprint density at radius 2 is 2.24 bits per heavy atom. The fraction of sp³-hybridized carbons (Fsp3) is 0.357. The molecule has 7 heteroatoms. The lowest BCUT2D eigenvalue weighted by Crippen LogP contribution is -2.29. The van der Waals surface area contributed by atoms with Gasteiger partial charge in [0, 0.05) is 26.0 Å². The van der Waals surface area contributed by atoms with Crippen molar-refractivity contribution in [3.63, 3.8) is 0 Å². The molecule has 2 heterocycles. The molecule has 21 heavy (non-hydrogen) atoms. The van der Waals surface area contributed by atoms with E-state index >= 15 is 0 Å². The van der Waals surface area contributed by atoms with Crippen LogP contribution in [0.25, 0.3) is 0 Å². The molecular formula is C14H17N3O4. The van der Waals surface area contributed by atoms with Gasteiger partial charge in [0.25, 0.3) is 5.91 Å². The van der Waals surface area contributed by atoms with E-state index in [1.807, 2.05) is 12.3 Å². The Morgan fingerprint density at radius 3 is 2.90 bits per heavy atom. The summed E-state index contributed by atoms with van der Waals surface area (Å²) in [5.74, 6) is 0.257. The zero-order chi connectivity index (χ0) is 15.2. The fourth-order valence-electron chi connectivity index (χ4n) is 1.78. The molecule has 0 aliphatic heterocycles. The van der Waals surface area contributed by atoms with E-state index < -0.39 is 0 Å². The lowest BCUT2D eigenvalue weighted by molar-refractivity contribution is -0.140. The van der Waals surface area contributed by atoms with Gasteiger partial charge in [-0.3, -0.25) is 14.3 Å². The maximum absolute atomic E-state index is 12.1. The van der Waals surface area contributed by atoms with Gasteiger partial charge < -0.3 is 14.1 Å². The van der Waals surface area contributed by atoms with E-state index in [2.05, 4.69) is 9.84 Å². The molecule has 7 nitrogen and oxygen atoms in total. The molecule has 0 radical (unpaired) electrons. The van der Waals surface area contributed by atoms with Gasteiger partial charge >= 0.3 is 5.97 Å². The third-order valence-corrected chi connectivity index (χ3v) is 2.98. The van der Waals surface area contributed by atoms with E-state index in [1.165, 1.54) is 12.0 Å². The van der Waals surface area contributed by atoms with Crippen LogP contribution in [0, 0.1) is 0 Å². The summed E-state index contributed by atoms with van der Waals surface area (Å²) in [5.41, 5.74) is 0. The lowest BCUT2D eigenvalue weighted by atomic mass is 10.3. The summed E-state index contributed by atoms with van der Waals surface area (Å²) in [6, 6.07) is 5.18. The molecular weight excluding hydrogens is 274 g/mol. The number of carbonyl (C=O) groups excluding carboxylic acids is 2. The number of methoxy groups -OCH3 is 1. The summed E-state index contributed by atoms with van der Waals surface area (Å²) in [7, 11) is 2.93. The van der Waals surface area contributed by atoms with Crippen molar-refractivity contribution >= 4 is 11.9 Å². The van der Waals surface area contributed by atoms with E-state index in [4.69, 9.17) is 4.42 Å². The third-order valence-electron chi connectivity index (χ3n) is 2.98. The van der Waals surface area contributed by atoms with Gasteiger partial charge in [-0.1, -0.05) is 0 Å². The van der Waals surface area contributed by atoms with E-state index in [0.29, 0.717) is 12.3 Å². The second kappa shape index (κ2) is 6.74. The number of esters is 1. The highest BCUT2D eigenvalue weighted by atomic mass is 16.5. The first-order valence-electron chi connectivity index (χ1n) is 6.48. The van der Waals surface area contributed by atoms with Crippen LogP contribution in [0.1, 0.15) is 22.7 Å². The molecule has 0 saturated carbocycles. The predicted molar refractivity (Wildman–Crippen MR) is 73.6 cm³/mol. The highest BCUT2D eigenvalue weighted by molar-refractivity contribution is 5.91. The van der Waals surface area contributed by atoms with Crippen LogP contribution in [0.15, 0.2) is 35.0 Å². The number of carbonyl (C=O) groups is 2. The Hall–Kier alpha value is -2.57. The highest BCUT2D eigenvalue weighted by Crippen LogP contribution is 2.11. The Labute approximate surface area is 122 Å². The molecule has 0 aliphatic rings. The van der Waals surface area contributed by atoms with Crippen LogP contribution in [0.3, 0.4) is 0 Å². The van der Waals surface area contributed by atoms with Gasteiger partial charge in [0.05, 0.1) is 20.1 Å². The summed E-state index contributed by atoms with van der Waals surface area (Å²) in [5, 5.41) is 4.07. The van der Waals surface area contributed by atoms with Crippen molar-refractivity contribution in [1.29, 1.82) is 0 Å². The topological polar surface area (TPSA) is 77.6 Å². The molecule has 0 spiro atoms. The summed E-state index contributed by atoms with van der Waals surface area (Å²) in [4.78, 5) is 24.6. The first-order chi connectivity index (χ1) is 10.1. The Bertz CT molecular complexity index is 604. The smallest absolute Gasteiger partial charge is 0.307 e. The van der Waals surface area contributed by atoms with E-state index in [9.17, 15) is 9.59 Å². The molecule has 0 bridgehead atoms. The summed E-state index contributed by atoms with van der Waals surface area (Å²) >= 11 is 0. The molecule has 0 aliphatic carbocycles. The van der Waals surface area contributed by atoms with Crippen LogP contribution in [0.4, 0.5) is 0 Å². The Balaban J connectivity index is 1.93. The average Bonchev–Trinajstić information content (AvgIpc) is 3.15. The standard InChI is InChI=1S/C14H17N3O4/c1-16(9-6-13(18)20-2)14(19)12-5-4-11(21-12)10-17-8-3-7-15-17/h3-5,7-8H,6,9-10H2,1-2H3. The SMILES string of the molecule is COC(=O)CCN(C)C(=O)c1ccc(Cn2cccn2)o1. The normalized spacial score (nSPS) is 10.4. The predicted octanol–water partition coefficient (Wildman–Crippen LogP) is 1.16. The van der Waals surface area contributed by atoms with Gasteiger partial charge in [0.2, 0.25) is 0 Å². The molecule has 0 unspecified atom stereocenters. The lowest BCUT2D eigenvalue weighted by Gasteiger charge is -2.14. The molecule has 2 rings (SSSR count). The van der Waals surface area contributed by atoms with Crippen LogP contribution in [-0.2, 0) is 16.1 Å². The van der Waals surface area contributed by atoms with Gasteiger partial charge in [0.15, 0.2) is 5.76 Å². The Morgan fingerprint density at radius 1 is 1.43 bits per heavy atom. The number of rotatable bonds is 6. The van der Waals surface area contributed by atoms with Gasteiger partial charge in [-0.15, -0.1) is 0 Å². The van der Waals surface area contributed by atoms with Crippen molar-refractivity contribution in [2.45, 2.75) is 13.0 Å². The van der Waals surface area contributed by atoms with Crippen molar-refractivity contribution in [3.8, 4) is 0 Å². The van der Waals surface area contributed by atoms with Crippen LogP contribution in [-0.4, -0.2) is 47.3 Å². The molecule has 0 N–H and O–H groups in total. The zero-order valence-electron chi connectivity index (χ0n) is 12.0. The number of nitrogens with zero attached hydrogens (tertiary/aromatic N) is 3. The number of aromatic nitrogens is 2. The first-order valence-corrected chi connectivity index (χ1v) is 6.48. The van der Waals surface area contributed by atoms with Crippen molar-refractivity contribution < 1.29 is 18.7 Å². The minimum absolute atomic E-state index is 0.152. The molecule has 2 aromatic heterocycles. The largest absolute Gasteiger partial charge is 0.469 e. The molecule has 1 amide bonds. The van der Waals surface area contributed by atoms with Crippen LogP contribution < -0.4 is 0 Å². The minimum Gasteiger partial charge on any atom is -0.469 e. The fourth-order valence-corrected chi connectivity index (χ4v) is 1.78. The Kier molecular flexibility index (Phi) is 4.76. The number of amides is 1. The van der Waals surface area contributed by atoms with E-state index in [0.717, 1.165) is 0 Å². The first kappa shape index (κ1) is 14.8. The second-order valence-electron chi connectivity index (χ2n) is 4.52. The monoisotopic (exact) mass is 291 g/mol. The second-order valence-corrected chi connectivity index (χ2v) is 4.52. The van der Waals surface area contributed by atoms with E-state index in [-0.39, 0.29) is 30.6 Å². The molecule has 0 fully saturated rings. The minimum atomic E-state index is -0.353. The summed E-state index contributed by atoms with van der Waals surface area (Å²) in [6.07, 6.45) is 3.64. The van der Waals surface area contributed by atoms with E-state index in [1.54, 1.807) is 30.1 Å². The number of furan rings is 1. The summed E-state index contributed by atoms with van der Waals surface area (Å²) < 4.78 is 11.7. The average molecular weight is 291 g/mol. The van der Waals surface area contributed by atoms with Gasteiger partial charge in [-0.05, 0) is 18.2 Å². The van der Waals surface area contributed by atoms with Crippen molar-refractivity contribution in [3.05, 3.63) is 42.1 Å². The zero-order valence-corrected chi connectivity index (χ0v) is 12.0. The van der Waals surface area contributed by atoms with Crippen LogP contribution in [0.2, 0.25) is 0 Å². The third kappa shape index (κ3) is 3.95. The maximum atomic E-state index is 12.1. The van der Waals surface area contributed by atoms with Crippen LogP contribution in [0.5, 0.6) is 0 Å². The van der Waals surface area contributed by atoms with Crippen molar-refractivity contribution in [1.82, 2.24) is 14.7 Å². The summed E-state index contributed by atoms with van der Waals surface area (Å²) in [6.45, 7) is 0.743. The quantitative estimate of drug-likeness (QED) is 0.746. The maximum Gasteiger partial charge on any atom is 0.307 e. The number of hydrogen-bond acceptors (Lipinski definition) is 5. The molecule has 2 aromatic rings. The van der Waals surface area contributed by atoms with Crippen molar-refractivity contribution in [2.24, 2.45) is 0 Å².